The highest BCUT2D eigenvalue weighted by Gasteiger charge is 2.31. The van der Waals surface area contributed by atoms with Crippen molar-refractivity contribution in [2.24, 2.45) is 11.8 Å². The molecule has 2 unspecified atom stereocenters. The Balaban J connectivity index is 3.08. The fourth-order valence-electron chi connectivity index (χ4n) is 2.23. The molecule has 3 heteroatoms. The van der Waals surface area contributed by atoms with Crippen LogP contribution in [0.15, 0.2) is 24.3 Å². The summed E-state index contributed by atoms with van der Waals surface area (Å²) >= 11 is 0. The standard InChI is InChI=1S/C14H21NO2/c1-9(2)12(14(16)17)13(15-4)11-7-5-6-10(3)8-11/h5-9,12-13,15H,1-4H3,(H,16,17). The van der Waals surface area contributed by atoms with Gasteiger partial charge in [0.15, 0.2) is 0 Å². The van der Waals surface area contributed by atoms with E-state index in [1.807, 2.05) is 52.1 Å². The van der Waals surface area contributed by atoms with Crippen LogP contribution in [-0.4, -0.2) is 18.1 Å². The molecule has 1 aromatic rings. The highest BCUT2D eigenvalue weighted by molar-refractivity contribution is 5.71. The molecule has 0 saturated heterocycles. The van der Waals surface area contributed by atoms with Crippen LogP contribution >= 0.6 is 0 Å². The van der Waals surface area contributed by atoms with Crippen molar-refractivity contribution in [3.05, 3.63) is 35.4 Å². The second kappa shape index (κ2) is 5.82. The summed E-state index contributed by atoms with van der Waals surface area (Å²) in [5.74, 6) is -1.08. The largest absolute Gasteiger partial charge is 0.481 e. The molecule has 0 aromatic heterocycles. The number of hydrogen-bond acceptors (Lipinski definition) is 2. The van der Waals surface area contributed by atoms with E-state index < -0.39 is 11.9 Å². The summed E-state index contributed by atoms with van der Waals surface area (Å²) in [6, 6.07) is 7.86. The van der Waals surface area contributed by atoms with Crippen LogP contribution in [0.5, 0.6) is 0 Å². The van der Waals surface area contributed by atoms with Crippen LogP contribution < -0.4 is 5.32 Å². The first-order chi connectivity index (χ1) is 7.97. The van der Waals surface area contributed by atoms with Crippen LogP contribution in [0, 0.1) is 18.8 Å². The van der Waals surface area contributed by atoms with E-state index >= 15 is 0 Å². The number of nitrogens with one attached hydrogen (secondary N) is 1. The van der Waals surface area contributed by atoms with Crippen LogP contribution in [0.4, 0.5) is 0 Å². The van der Waals surface area contributed by atoms with E-state index in [4.69, 9.17) is 0 Å². The van der Waals surface area contributed by atoms with Gasteiger partial charge in [0.2, 0.25) is 0 Å². The maximum atomic E-state index is 11.4. The van der Waals surface area contributed by atoms with Crippen LogP contribution in [0.1, 0.15) is 31.0 Å². The molecule has 0 amide bonds. The summed E-state index contributed by atoms with van der Waals surface area (Å²) < 4.78 is 0. The molecule has 0 aliphatic carbocycles. The molecule has 0 saturated carbocycles. The van der Waals surface area contributed by atoms with Crippen LogP contribution in [0.3, 0.4) is 0 Å². The minimum absolute atomic E-state index is 0.0884. The minimum Gasteiger partial charge on any atom is -0.481 e. The first kappa shape index (κ1) is 13.7. The van der Waals surface area contributed by atoms with Crippen LogP contribution in [0.25, 0.3) is 0 Å². The maximum absolute atomic E-state index is 11.4. The molecule has 3 nitrogen and oxygen atoms in total. The molecule has 0 radical (unpaired) electrons. The van der Waals surface area contributed by atoms with Crippen molar-refractivity contribution in [1.82, 2.24) is 5.32 Å². The predicted molar refractivity (Wildman–Crippen MR) is 68.9 cm³/mol. The Morgan fingerprint density at radius 2 is 2.00 bits per heavy atom. The van der Waals surface area contributed by atoms with E-state index in [1.165, 1.54) is 0 Å². The van der Waals surface area contributed by atoms with Crippen molar-refractivity contribution < 1.29 is 9.90 Å². The smallest absolute Gasteiger partial charge is 0.308 e. The zero-order valence-corrected chi connectivity index (χ0v) is 10.9. The number of carbonyl (C=O) groups is 1. The molecule has 2 atom stereocenters. The molecule has 1 rings (SSSR count). The van der Waals surface area contributed by atoms with Gasteiger partial charge < -0.3 is 10.4 Å². The number of benzene rings is 1. The number of carboxylic acids is 1. The summed E-state index contributed by atoms with van der Waals surface area (Å²) in [7, 11) is 1.81. The lowest BCUT2D eigenvalue weighted by Crippen LogP contribution is -2.34. The normalized spacial score (nSPS) is 14.6. The Morgan fingerprint density at radius 1 is 1.35 bits per heavy atom. The van der Waals surface area contributed by atoms with Gasteiger partial charge in [-0.2, -0.15) is 0 Å². The lowest BCUT2D eigenvalue weighted by Gasteiger charge is -2.27. The molecular weight excluding hydrogens is 214 g/mol. The average molecular weight is 235 g/mol. The Labute approximate surface area is 103 Å². The number of carboxylic acid groups (broad SMARTS) is 1. The first-order valence-electron chi connectivity index (χ1n) is 5.94. The first-order valence-corrected chi connectivity index (χ1v) is 5.94. The highest BCUT2D eigenvalue weighted by Crippen LogP contribution is 2.28. The number of aryl methyl sites for hydroxylation is 1. The molecule has 0 aliphatic heterocycles. The van der Waals surface area contributed by atoms with Gasteiger partial charge in [-0.05, 0) is 25.5 Å². The van der Waals surface area contributed by atoms with Gasteiger partial charge in [0.05, 0.1) is 5.92 Å². The Bertz CT molecular complexity index is 388. The molecule has 0 spiro atoms. The Morgan fingerprint density at radius 3 is 2.41 bits per heavy atom. The topological polar surface area (TPSA) is 49.3 Å². The molecule has 0 bridgehead atoms. The molecular formula is C14H21NO2. The van der Waals surface area contributed by atoms with E-state index in [0.717, 1.165) is 11.1 Å². The van der Waals surface area contributed by atoms with E-state index in [-0.39, 0.29) is 12.0 Å². The lowest BCUT2D eigenvalue weighted by molar-refractivity contribution is -0.144. The van der Waals surface area contributed by atoms with Gasteiger partial charge in [-0.15, -0.1) is 0 Å². The van der Waals surface area contributed by atoms with E-state index in [2.05, 4.69) is 5.32 Å². The quantitative estimate of drug-likeness (QED) is 0.824. The van der Waals surface area contributed by atoms with Gasteiger partial charge in [-0.25, -0.2) is 0 Å². The second-order valence-corrected chi connectivity index (χ2v) is 4.79. The van der Waals surface area contributed by atoms with Gasteiger partial charge in [0.25, 0.3) is 0 Å². The maximum Gasteiger partial charge on any atom is 0.308 e. The van der Waals surface area contributed by atoms with Crippen molar-refractivity contribution in [3.8, 4) is 0 Å². The molecule has 0 fully saturated rings. The third kappa shape index (κ3) is 3.30. The van der Waals surface area contributed by atoms with Crippen LogP contribution in [-0.2, 0) is 4.79 Å². The van der Waals surface area contributed by atoms with E-state index in [0.29, 0.717) is 0 Å². The molecule has 1 aromatic carbocycles. The zero-order valence-electron chi connectivity index (χ0n) is 10.9. The zero-order chi connectivity index (χ0) is 13.0. The molecule has 0 heterocycles. The fourth-order valence-corrected chi connectivity index (χ4v) is 2.23. The van der Waals surface area contributed by atoms with Gasteiger partial charge >= 0.3 is 5.97 Å². The lowest BCUT2D eigenvalue weighted by atomic mass is 9.84. The summed E-state index contributed by atoms with van der Waals surface area (Å²) in [4.78, 5) is 11.4. The summed E-state index contributed by atoms with van der Waals surface area (Å²) in [6.07, 6.45) is 0. The Kier molecular flexibility index (Phi) is 4.70. The van der Waals surface area contributed by atoms with E-state index in [1.54, 1.807) is 0 Å². The molecule has 17 heavy (non-hydrogen) atoms. The molecule has 94 valence electrons. The predicted octanol–water partition coefficient (Wildman–Crippen LogP) is 2.61. The van der Waals surface area contributed by atoms with Gasteiger partial charge in [-0.1, -0.05) is 43.7 Å². The average Bonchev–Trinajstić information content (AvgIpc) is 2.24. The minimum atomic E-state index is -0.749. The summed E-state index contributed by atoms with van der Waals surface area (Å²) in [5, 5.41) is 12.5. The van der Waals surface area contributed by atoms with Gasteiger partial charge in [-0.3, -0.25) is 4.79 Å². The van der Waals surface area contributed by atoms with Crippen molar-refractivity contribution >= 4 is 5.97 Å². The van der Waals surface area contributed by atoms with Crippen molar-refractivity contribution in [3.63, 3.8) is 0 Å². The monoisotopic (exact) mass is 235 g/mol. The highest BCUT2D eigenvalue weighted by atomic mass is 16.4. The third-order valence-corrected chi connectivity index (χ3v) is 3.07. The summed E-state index contributed by atoms with van der Waals surface area (Å²) in [6.45, 7) is 5.90. The van der Waals surface area contributed by atoms with E-state index in [9.17, 15) is 9.90 Å². The second-order valence-electron chi connectivity index (χ2n) is 4.79. The number of rotatable bonds is 5. The fraction of sp³-hybridized carbons (Fsp3) is 0.500. The van der Waals surface area contributed by atoms with Crippen molar-refractivity contribution in [2.45, 2.75) is 26.8 Å². The van der Waals surface area contributed by atoms with Crippen LogP contribution in [0.2, 0.25) is 0 Å². The molecule has 2 N–H and O–H groups in total. The number of aliphatic carboxylic acids is 1. The Hall–Kier alpha value is -1.35. The SMILES string of the molecule is CNC(c1cccc(C)c1)C(C(=O)O)C(C)C. The van der Waals surface area contributed by atoms with Gasteiger partial charge in [0.1, 0.15) is 0 Å². The van der Waals surface area contributed by atoms with Crippen molar-refractivity contribution in [2.75, 3.05) is 7.05 Å². The molecule has 0 aliphatic rings. The summed E-state index contributed by atoms with van der Waals surface area (Å²) in [5.41, 5.74) is 2.18. The van der Waals surface area contributed by atoms with Gasteiger partial charge in [0, 0.05) is 6.04 Å². The number of hydrogen-bond donors (Lipinski definition) is 2. The third-order valence-electron chi connectivity index (χ3n) is 3.07. The van der Waals surface area contributed by atoms with Crippen molar-refractivity contribution in [1.29, 1.82) is 0 Å².